The summed E-state index contributed by atoms with van der Waals surface area (Å²) >= 11 is 0. The zero-order valence-corrected chi connectivity index (χ0v) is 25.5. The number of rotatable bonds is 8. The first-order valence-electron chi connectivity index (χ1n) is 15.7. The van der Waals surface area contributed by atoms with Crippen molar-refractivity contribution in [1.82, 2.24) is 24.3 Å². The molecule has 1 aromatic carbocycles. The number of piperidine rings is 1. The molecule has 2 aliphatic heterocycles. The van der Waals surface area contributed by atoms with Crippen LogP contribution in [0.1, 0.15) is 67.4 Å². The van der Waals surface area contributed by atoms with Gasteiger partial charge in [-0.2, -0.15) is 0 Å². The van der Waals surface area contributed by atoms with Gasteiger partial charge < -0.3 is 19.3 Å². The summed E-state index contributed by atoms with van der Waals surface area (Å²) in [7, 11) is 1.76. The minimum Gasteiger partial charge on any atom is -0.342 e. The van der Waals surface area contributed by atoms with E-state index in [0.29, 0.717) is 34.9 Å². The van der Waals surface area contributed by atoms with Gasteiger partial charge in [0.05, 0.1) is 23.0 Å². The van der Waals surface area contributed by atoms with Crippen molar-refractivity contribution < 1.29 is 14.0 Å². The number of pyridine rings is 1. The van der Waals surface area contributed by atoms with Crippen LogP contribution in [0.25, 0.3) is 16.6 Å². The third kappa shape index (κ3) is 5.83. The Morgan fingerprint density at radius 2 is 1.79 bits per heavy atom. The molecule has 2 saturated heterocycles. The Balaban J connectivity index is 1.18. The molecule has 3 fully saturated rings. The number of nitrogens with zero attached hydrogens (tertiary/aromatic N) is 5. The monoisotopic (exact) mass is 573 g/mol. The SMILES string of the molecule is Cc1cncc2c1c(CC1CCN(CC3CCN(C(=O)C4CC4)CC3)C1)cn2-c1ccc(F)cc1C(=O)N(C)C(C)C. The Kier molecular flexibility index (Phi) is 8.09. The second-order valence-corrected chi connectivity index (χ2v) is 13.2. The lowest BCUT2D eigenvalue weighted by molar-refractivity contribution is -0.134. The topological polar surface area (TPSA) is 61.7 Å². The van der Waals surface area contributed by atoms with Crippen molar-refractivity contribution in [2.45, 2.75) is 65.3 Å². The molecule has 0 bridgehead atoms. The lowest BCUT2D eigenvalue weighted by atomic mass is 9.95. The van der Waals surface area contributed by atoms with Crippen molar-refractivity contribution in [2.24, 2.45) is 17.8 Å². The highest BCUT2D eigenvalue weighted by Crippen LogP contribution is 2.34. The Labute approximate surface area is 248 Å². The fourth-order valence-electron chi connectivity index (χ4n) is 6.96. The molecular formula is C34H44FN5O2. The van der Waals surface area contributed by atoms with E-state index in [4.69, 9.17) is 0 Å². The van der Waals surface area contributed by atoms with Crippen LogP contribution in [0.4, 0.5) is 4.39 Å². The van der Waals surface area contributed by atoms with E-state index in [1.54, 1.807) is 18.0 Å². The van der Waals surface area contributed by atoms with Gasteiger partial charge in [-0.1, -0.05) is 0 Å². The predicted octanol–water partition coefficient (Wildman–Crippen LogP) is 5.47. The average Bonchev–Trinajstić information content (AvgIpc) is 3.64. The summed E-state index contributed by atoms with van der Waals surface area (Å²) in [6.45, 7) is 11.2. The van der Waals surface area contributed by atoms with Crippen molar-refractivity contribution in [3.05, 3.63) is 59.3 Å². The second-order valence-electron chi connectivity index (χ2n) is 13.2. The Bertz CT molecular complexity index is 1470. The van der Waals surface area contributed by atoms with Gasteiger partial charge in [0.25, 0.3) is 5.91 Å². The third-order valence-electron chi connectivity index (χ3n) is 9.77. The molecule has 2 aromatic heterocycles. The molecule has 3 aliphatic rings. The minimum absolute atomic E-state index is 0.00224. The number of amides is 2. The quantitative estimate of drug-likeness (QED) is 0.359. The van der Waals surface area contributed by atoms with Gasteiger partial charge in [0.15, 0.2) is 0 Å². The van der Waals surface area contributed by atoms with Crippen LogP contribution < -0.4 is 0 Å². The van der Waals surface area contributed by atoms with E-state index in [2.05, 4.69) is 27.9 Å². The van der Waals surface area contributed by atoms with E-state index in [0.717, 1.165) is 82.3 Å². The largest absolute Gasteiger partial charge is 0.342 e. The summed E-state index contributed by atoms with van der Waals surface area (Å²) < 4.78 is 16.5. The third-order valence-corrected chi connectivity index (χ3v) is 9.77. The first-order valence-corrected chi connectivity index (χ1v) is 15.7. The second kappa shape index (κ2) is 11.8. The summed E-state index contributed by atoms with van der Waals surface area (Å²) in [5, 5.41) is 1.18. The average molecular weight is 574 g/mol. The lowest BCUT2D eigenvalue weighted by Gasteiger charge is -2.34. The minimum atomic E-state index is -0.420. The number of fused-ring (bicyclic) bond motifs is 1. The number of benzene rings is 1. The summed E-state index contributed by atoms with van der Waals surface area (Å²) in [6, 6.07) is 4.49. The first-order chi connectivity index (χ1) is 20.2. The van der Waals surface area contributed by atoms with Crippen molar-refractivity contribution in [3.8, 4) is 5.69 Å². The molecule has 3 aromatic rings. The summed E-state index contributed by atoms with van der Waals surface area (Å²) in [5.74, 6) is 1.32. The van der Waals surface area contributed by atoms with Gasteiger partial charge >= 0.3 is 0 Å². The van der Waals surface area contributed by atoms with E-state index in [1.165, 1.54) is 23.1 Å². The van der Waals surface area contributed by atoms with E-state index < -0.39 is 5.82 Å². The van der Waals surface area contributed by atoms with Crippen LogP contribution >= 0.6 is 0 Å². The number of carbonyl (C=O) groups excluding carboxylic acids is 2. The fourth-order valence-corrected chi connectivity index (χ4v) is 6.96. The summed E-state index contributed by atoms with van der Waals surface area (Å²) in [4.78, 5) is 36.7. The van der Waals surface area contributed by atoms with Gasteiger partial charge in [-0.3, -0.25) is 14.6 Å². The Morgan fingerprint density at radius 1 is 1.05 bits per heavy atom. The van der Waals surface area contributed by atoms with Crippen molar-refractivity contribution >= 4 is 22.7 Å². The predicted molar refractivity (Wildman–Crippen MR) is 163 cm³/mol. The molecule has 224 valence electrons. The van der Waals surface area contributed by atoms with Gasteiger partial charge in [-0.25, -0.2) is 4.39 Å². The Hall–Kier alpha value is -3.26. The van der Waals surface area contributed by atoms with Crippen LogP contribution in [0.15, 0.2) is 36.8 Å². The Morgan fingerprint density at radius 3 is 2.50 bits per heavy atom. The highest BCUT2D eigenvalue weighted by Gasteiger charge is 2.35. The molecule has 4 heterocycles. The molecule has 0 N–H and O–H groups in total. The van der Waals surface area contributed by atoms with Crippen LogP contribution in [0.5, 0.6) is 0 Å². The zero-order chi connectivity index (χ0) is 29.5. The van der Waals surface area contributed by atoms with Crippen molar-refractivity contribution in [2.75, 3.05) is 39.8 Å². The number of aryl methyl sites for hydroxylation is 1. The number of hydrogen-bond donors (Lipinski definition) is 0. The molecule has 7 nitrogen and oxygen atoms in total. The van der Waals surface area contributed by atoms with Gasteiger partial charge in [-0.05, 0) is 107 Å². The normalized spacial score (nSPS) is 20.1. The highest BCUT2D eigenvalue weighted by molar-refractivity contribution is 5.99. The van der Waals surface area contributed by atoms with Gasteiger partial charge in [0.1, 0.15) is 5.82 Å². The van der Waals surface area contributed by atoms with Crippen molar-refractivity contribution in [3.63, 3.8) is 0 Å². The smallest absolute Gasteiger partial charge is 0.256 e. The number of carbonyl (C=O) groups is 2. The molecule has 8 heteroatoms. The molecule has 0 spiro atoms. The summed E-state index contributed by atoms with van der Waals surface area (Å²) in [5.41, 5.74) is 4.34. The molecule has 1 saturated carbocycles. The van der Waals surface area contributed by atoms with Crippen LogP contribution in [-0.2, 0) is 11.2 Å². The van der Waals surface area contributed by atoms with E-state index in [9.17, 15) is 14.0 Å². The highest BCUT2D eigenvalue weighted by atomic mass is 19.1. The van der Waals surface area contributed by atoms with Crippen molar-refractivity contribution in [1.29, 1.82) is 0 Å². The molecular weight excluding hydrogens is 529 g/mol. The lowest BCUT2D eigenvalue weighted by Crippen LogP contribution is -2.42. The van der Waals surface area contributed by atoms with Gasteiger partial charge in [0, 0.05) is 63.0 Å². The molecule has 0 radical (unpaired) electrons. The number of halogens is 1. The maximum atomic E-state index is 14.4. The number of likely N-dealkylation sites (tertiary alicyclic amines) is 2. The first kappa shape index (κ1) is 28.8. The van der Waals surface area contributed by atoms with E-state index in [1.807, 2.05) is 30.8 Å². The van der Waals surface area contributed by atoms with Crippen LogP contribution in [0.3, 0.4) is 0 Å². The summed E-state index contributed by atoms with van der Waals surface area (Å²) in [6.07, 6.45) is 12.4. The number of aromatic nitrogens is 2. The molecule has 1 atom stereocenters. The maximum Gasteiger partial charge on any atom is 0.256 e. The van der Waals surface area contributed by atoms with Crippen LogP contribution in [-0.4, -0.2) is 81.9 Å². The molecule has 6 rings (SSSR count). The fraction of sp³-hybridized carbons (Fsp3) is 0.559. The van der Waals surface area contributed by atoms with E-state index in [-0.39, 0.29) is 11.9 Å². The molecule has 42 heavy (non-hydrogen) atoms. The molecule has 1 aliphatic carbocycles. The van der Waals surface area contributed by atoms with Gasteiger partial charge in [-0.15, -0.1) is 0 Å². The maximum absolute atomic E-state index is 14.4. The number of hydrogen-bond acceptors (Lipinski definition) is 4. The molecule has 1 unspecified atom stereocenters. The molecule has 2 amide bonds. The van der Waals surface area contributed by atoms with Gasteiger partial charge in [0.2, 0.25) is 5.91 Å². The van der Waals surface area contributed by atoms with Crippen LogP contribution in [0.2, 0.25) is 0 Å². The van der Waals surface area contributed by atoms with E-state index >= 15 is 0 Å². The zero-order valence-electron chi connectivity index (χ0n) is 25.5. The van der Waals surface area contributed by atoms with Crippen LogP contribution in [0, 0.1) is 30.5 Å². The standard InChI is InChI=1S/C34H44FN5O2/c1-22(2)37(4)34(42)29-16-28(35)7-8-30(29)40-21-27(32-23(3)17-36-18-31(32)40)15-25-9-12-38(20-25)19-24-10-13-39(14-11-24)33(41)26-5-6-26/h7-8,16-18,21-22,24-26H,5-6,9-15,19-20H2,1-4H3.